The van der Waals surface area contributed by atoms with E-state index < -0.39 is 0 Å². The van der Waals surface area contributed by atoms with Crippen molar-refractivity contribution in [2.24, 2.45) is 5.41 Å². The van der Waals surface area contributed by atoms with Crippen LogP contribution in [0.3, 0.4) is 0 Å². The molecule has 162 valence electrons. The summed E-state index contributed by atoms with van der Waals surface area (Å²) in [6, 6.07) is 26.0. The fourth-order valence-corrected chi connectivity index (χ4v) is 4.98. The van der Waals surface area contributed by atoms with Crippen LogP contribution in [0.25, 0.3) is 54.7 Å². The van der Waals surface area contributed by atoms with Crippen LogP contribution in [0.1, 0.15) is 31.9 Å². The number of rotatable bonds is 2. The van der Waals surface area contributed by atoms with Crippen molar-refractivity contribution in [2.45, 2.75) is 34.1 Å². The first kappa shape index (κ1) is 20.0. The van der Waals surface area contributed by atoms with E-state index in [0.717, 1.165) is 39.6 Å². The molecule has 33 heavy (non-hydrogen) atoms. The van der Waals surface area contributed by atoms with Gasteiger partial charge in [0.1, 0.15) is 11.2 Å². The van der Waals surface area contributed by atoms with E-state index in [0.29, 0.717) is 0 Å². The van der Waals surface area contributed by atoms with Gasteiger partial charge in [-0.05, 0) is 75.7 Å². The van der Waals surface area contributed by atoms with Crippen molar-refractivity contribution >= 4 is 43.5 Å². The molecule has 2 heteroatoms. The number of furan rings is 1. The fraction of sp³-hybridized carbons (Fsp3) is 0.194. The van der Waals surface area contributed by atoms with Crippen LogP contribution in [0.4, 0.5) is 0 Å². The number of aryl methyl sites for hydroxylation is 1. The average Bonchev–Trinajstić information content (AvgIpc) is 3.16. The number of pyridine rings is 1. The maximum atomic E-state index is 6.53. The van der Waals surface area contributed by atoms with Crippen molar-refractivity contribution in [3.63, 3.8) is 0 Å². The van der Waals surface area contributed by atoms with Gasteiger partial charge >= 0.3 is 0 Å². The molecule has 0 radical (unpaired) electrons. The Morgan fingerprint density at radius 2 is 1.55 bits per heavy atom. The average molecular weight is 430 g/mol. The third kappa shape index (κ3) is 3.38. The number of hydrogen-bond donors (Lipinski definition) is 0. The van der Waals surface area contributed by atoms with E-state index >= 15 is 0 Å². The van der Waals surface area contributed by atoms with E-state index in [9.17, 15) is 0 Å². The van der Waals surface area contributed by atoms with Crippen molar-refractivity contribution in [3.8, 4) is 11.3 Å². The largest absolute Gasteiger partial charge is 0.455 e. The fourth-order valence-electron chi connectivity index (χ4n) is 4.98. The number of hydrogen-bond acceptors (Lipinski definition) is 2. The number of nitrogens with zero attached hydrogens (tertiary/aromatic N) is 1. The van der Waals surface area contributed by atoms with Gasteiger partial charge in [0.05, 0.1) is 5.69 Å². The lowest BCUT2D eigenvalue weighted by atomic mass is 9.86. The Morgan fingerprint density at radius 1 is 0.758 bits per heavy atom. The van der Waals surface area contributed by atoms with E-state index in [1.807, 2.05) is 6.20 Å². The molecule has 6 rings (SSSR count). The van der Waals surface area contributed by atoms with Crippen molar-refractivity contribution in [1.82, 2.24) is 4.98 Å². The van der Waals surface area contributed by atoms with Crippen LogP contribution in [0.5, 0.6) is 0 Å². The molecule has 2 nitrogen and oxygen atoms in total. The first-order chi connectivity index (χ1) is 15.9. The summed E-state index contributed by atoms with van der Waals surface area (Å²) in [4.78, 5) is 4.80. The van der Waals surface area contributed by atoms with Gasteiger partial charge in [0.25, 0.3) is 0 Å². The summed E-state index contributed by atoms with van der Waals surface area (Å²) < 4.78 is 6.53. The van der Waals surface area contributed by atoms with E-state index in [-0.39, 0.29) is 5.41 Å². The minimum atomic E-state index is 0.220. The lowest BCUT2D eigenvalue weighted by Crippen LogP contribution is -2.10. The van der Waals surface area contributed by atoms with Crippen LogP contribution in [0.15, 0.2) is 83.4 Å². The molecule has 0 aliphatic rings. The predicted octanol–water partition coefficient (Wildman–Crippen LogP) is 8.85. The third-order valence-electron chi connectivity index (χ3n) is 6.57. The summed E-state index contributed by atoms with van der Waals surface area (Å²) in [5.41, 5.74) is 6.65. The van der Waals surface area contributed by atoms with Crippen molar-refractivity contribution < 1.29 is 4.42 Å². The van der Waals surface area contributed by atoms with Gasteiger partial charge in [0.2, 0.25) is 0 Å². The highest BCUT2D eigenvalue weighted by Crippen LogP contribution is 2.39. The summed E-state index contributed by atoms with van der Waals surface area (Å²) in [5, 5.41) is 7.24. The molecule has 0 atom stereocenters. The molecular formula is C31H27NO. The van der Waals surface area contributed by atoms with E-state index in [1.54, 1.807) is 0 Å². The highest BCUT2D eigenvalue weighted by molar-refractivity contribution is 6.17. The lowest BCUT2D eigenvalue weighted by Gasteiger charge is -2.20. The molecule has 0 aliphatic heterocycles. The second-order valence-electron chi connectivity index (χ2n) is 10.4. The normalized spacial score (nSPS) is 12.4. The molecule has 0 saturated heterocycles. The summed E-state index contributed by atoms with van der Waals surface area (Å²) in [5.74, 6) is 0. The van der Waals surface area contributed by atoms with Gasteiger partial charge in [-0.15, -0.1) is 0 Å². The van der Waals surface area contributed by atoms with Crippen molar-refractivity contribution in [3.05, 3.63) is 90.1 Å². The molecule has 0 bridgehead atoms. The Balaban J connectivity index is 1.59. The third-order valence-corrected chi connectivity index (χ3v) is 6.57. The van der Waals surface area contributed by atoms with E-state index in [4.69, 9.17) is 9.40 Å². The quantitative estimate of drug-likeness (QED) is 0.257. The minimum Gasteiger partial charge on any atom is -0.455 e. The molecule has 0 N–H and O–H groups in total. The first-order valence-electron chi connectivity index (χ1n) is 11.6. The smallest absolute Gasteiger partial charge is 0.144 e. The van der Waals surface area contributed by atoms with Crippen LogP contribution >= 0.6 is 0 Å². The van der Waals surface area contributed by atoms with Gasteiger partial charge in [0, 0.05) is 22.5 Å². The standard InChI is InChI=1S/C31H27NO/c1-19-18-32-28(15-22(19)17-31(2,3)4)25-11-7-10-24-27-14-21-13-12-20-8-5-6-9-23(20)26(21)16-29(27)33-30(24)25/h5-16,18H,17H2,1-4H3. The second-order valence-corrected chi connectivity index (χ2v) is 10.4. The summed E-state index contributed by atoms with van der Waals surface area (Å²) in [6.07, 6.45) is 3.02. The molecule has 0 fully saturated rings. The molecule has 0 unspecified atom stereocenters. The maximum absolute atomic E-state index is 6.53. The lowest BCUT2D eigenvalue weighted by molar-refractivity contribution is 0.410. The number of para-hydroxylation sites is 1. The van der Waals surface area contributed by atoms with Gasteiger partial charge in [-0.1, -0.05) is 69.3 Å². The van der Waals surface area contributed by atoms with Crippen LogP contribution in [-0.2, 0) is 6.42 Å². The molecule has 4 aromatic carbocycles. The minimum absolute atomic E-state index is 0.220. The van der Waals surface area contributed by atoms with Gasteiger partial charge in [0.15, 0.2) is 0 Å². The second kappa shape index (κ2) is 7.18. The van der Waals surface area contributed by atoms with Gasteiger partial charge in [-0.2, -0.15) is 0 Å². The number of aromatic nitrogens is 1. The molecule has 2 heterocycles. The zero-order valence-corrected chi connectivity index (χ0v) is 19.6. The molecule has 0 amide bonds. The Labute approximate surface area is 193 Å². The molecule has 0 spiro atoms. The molecule has 2 aromatic heterocycles. The van der Waals surface area contributed by atoms with Crippen molar-refractivity contribution in [1.29, 1.82) is 0 Å². The van der Waals surface area contributed by atoms with Crippen molar-refractivity contribution in [2.75, 3.05) is 0 Å². The van der Waals surface area contributed by atoms with E-state index in [2.05, 4.69) is 100 Å². The topological polar surface area (TPSA) is 26.0 Å². The zero-order valence-electron chi connectivity index (χ0n) is 19.6. The Kier molecular flexibility index (Phi) is 4.35. The van der Waals surface area contributed by atoms with Crippen LogP contribution in [0, 0.1) is 12.3 Å². The van der Waals surface area contributed by atoms with Crippen LogP contribution < -0.4 is 0 Å². The van der Waals surface area contributed by atoms with Crippen LogP contribution in [-0.4, -0.2) is 4.98 Å². The van der Waals surface area contributed by atoms with Crippen LogP contribution in [0.2, 0.25) is 0 Å². The zero-order chi connectivity index (χ0) is 22.7. The number of benzene rings is 4. The Morgan fingerprint density at radius 3 is 2.39 bits per heavy atom. The first-order valence-corrected chi connectivity index (χ1v) is 11.6. The molecule has 0 saturated carbocycles. The molecule has 6 aromatic rings. The Hall–Kier alpha value is -3.65. The Bertz CT molecular complexity index is 1680. The van der Waals surface area contributed by atoms with Gasteiger partial charge in [-0.3, -0.25) is 4.98 Å². The van der Waals surface area contributed by atoms with Gasteiger partial charge < -0.3 is 4.42 Å². The summed E-state index contributed by atoms with van der Waals surface area (Å²) in [7, 11) is 0. The van der Waals surface area contributed by atoms with E-state index in [1.165, 1.54) is 32.7 Å². The summed E-state index contributed by atoms with van der Waals surface area (Å²) >= 11 is 0. The molecular weight excluding hydrogens is 402 g/mol. The predicted molar refractivity (Wildman–Crippen MR) is 140 cm³/mol. The highest BCUT2D eigenvalue weighted by Gasteiger charge is 2.17. The SMILES string of the molecule is Cc1cnc(-c2cccc3c2oc2cc4c(ccc5ccccc54)cc23)cc1CC(C)(C)C. The monoisotopic (exact) mass is 429 g/mol. The number of fused-ring (bicyclic) bond motifs is 6. The molecule has 0 aliphatic carbocycles. The van der Waals surface area contributed by atoms with Gasteiger partial charge in [-0.25, -0.2) is 0 Å². The maximum Gasteiger partial charge on any atom is 0.144 e. The summed E-state index contributed by atoms with van der Waals surface area (Å²) in [6.45, 7) is 8.98. The highest BCUT2D eigenvalue weighted by atomic mass is 16.3.